The van der Waals surface area contributed by atoms with E-state index >= 15 is 0 Å². The first-order valence-corrected chi connectivity index (χ1v) is 11.4. The maximum absolute atomic E-state index is 6.08. The molecule has 0 heterocycles. The van der Waals surface area contributed by atoms with Gasteiger partial charge in [0.25, 0.3) is 0 Å². The summed E-state index contributed by atoms with van der Waals surface area (Å²) >= 11 is 28.1. The van der Waals surface area contributed by atoms with Crippen molar-refractivity contribution in [2.75, 3.05) is 0 Å². The maximum Gasteiger partial charge on any atom is 0.157 e. The second-order valence-electron chi connectivity index (χ2n) is 3.70. The normalized spacial score (nSPS) is 10.9. The van der Waals surface area contributed by atoms with Crippen molar-refractivity contribution < 1.29 is 4.74 Å². The standard InChI is InChI=1S/C12H2Br8O/c13-3-1-5(15)11(9(19)7(3)17)21-12-6(16)2-4(14)8(18)10(12)20/h1-2H. The fourth-order valence-corrected chi connectivity index (χ4v) is 6.54. The van der Waals surface area contributed by atoms with Gasteiger partial charge in [0, 0.05) is 17.9 Å². The molecule has 0 aliphatic carbocycles. The first-order chi connectivity index (χ1) is 9.73. The summed E-state index contributed by atoms with van der Waals surface area (Å²) in [6.07, 6.45) is 0. The molecule has 9 heteroatoms. The molecule has 2 rings (SSSR count). The monoisotopic (exact) mass is 793 g/mol. The number of rotatable bonds is 2. The van der Waals surface area contributed by atoms with Crippen LogP contribution < -0.4 is 4.74 Å². The summed E-state index contributed by atoms with van der Waals surface area (Å²) in [6.45, 7) is 0. The Morgan fingerprint density at radius 3 is 1.14 bits per heavy atom. The molecule has 0 saturated carbocycles. The van der Waals surface area contributed by atoms with E-state index in [0.717, 1.165) is 35.8 Å². The van der Waals surface area contributed by atoms with E-state index < -0.39 is 0 Å². The van der Waals surface area contributed by atoms with Crippen LogP contribution in [-0.2, 0) is 0 Å². The summed E-state index contributed by atoms with van der Waals surface area (Å²) in [6, 6.07) is 3.83. The third kappa shape index (κ3) is 4.19. The molecule has 0 spiro atoms. The lowest BCUT2D eigenvalue weighted by Gasteiger charge is -2.16. The summed E-state index contributed by atoms with van der Waals surface area (Å²) in [5.41, 5.74) is 0. The van der Waals surface area contributed by atoms with Crippen molar-refractivity contribution in [2.24, 2.45) is 0 Å². The molecule has 1 nitrogen and oxygen atoms in total. The first-order valence-electron chi connectivity index (χ1n) is 5.07. The minimum Gasteiger partial charge on any atom is -0.453 e. The van der Waals surface area contributed by atoms with Crippen molar-refractivity contribution in [1.29, 1.82) is 0 Å². The fourth-order valence-electron chi connectivity index (χ4n) is 1.39. The topological polar surface area (TPSA) is 9.23 Å². The maximum atomic E-state index is 6.08. The van der Waals surface area contributed by atoms with Crippen LogP contribution in [0.5, 0.6) is 11.5 Å². The van der Waals surface area contributed by atoms with Crippen LogP contribution in [0.15, 0.2) is 47.9 Å². The fraction of sp³-hybridized carbons (Fsp3) is 0. The molecule has 0 fully saturated rings. The lowest BCUT2D eigenvalue weighted by Crippen LogP contribution is -1.92. The molecule has 0 amide bonds. The zero-order chi connectivity index (χ0) is 15.9. The molecule has 0 N–H and O–H groups in total. The molecule has 112 valence electrons. The molecule has 0 aliphatic rings. The number of benzene rings is 2. The summed E-state index contributed by atoms with van der Waals surface area (Å²) in [5.74, 6) is 1.33. The second-order valence-corrected chi connectivity index (χ2v) is 10.3. The number of halogens is 8. The van der Waals surface area contributed by atoms with Crippen molar-refractivity contribution in [3.05, 3.63) is 47.9 Å². The Morgan fingerprint density at radius 2 is 0.810 bits per heavy atom. The lowest BCUT2D eigenvalue weighted by molar-refractivity contribution is 0.469. The highest BCUT2D eigenvalue weighted by Crippen LogP contribution is 2.49. The van der Waals surface area contributed by atoms with Gasteiger partial charge in [-0.1, -0.05) is 0 Å². The summed E-state index contributed by atoms with van der Waals surface area (Å²) < 4.78 is 12.9. The highest BCUT2D eigenvalue weighted by Gasteiger charge is 2.19. The number of hydrogen-bond acceptors (Lipinski definition) is 1. The van der Waals surface area contributed by atoms with E-state index in [-0.39, 0.29) is 0 Å². The Morgan fingerprint density at radius 1 is 0.476 bits per heavy atom. The zero-order valence-electron chi connectivity index (χ0n) is 9.59. The van der Waals surface area contributed by atoms with Gasteiger partial charge in [-0.2, -0.15) is 0 Å². The average molecular weight is 801 g/mol. The Kier molecular flexibility index (Phi) is 7.37. The van der Waals surface area contributed by atoms with E-state index in [2.05, 4.69) is 127 Å². The van der Waals surface area contributed by atoms with Gasteiger partial charge in [-0.05, 0) is 140 Å². The predicted octanol–water partition coefficient (Wildman–Crippen LogP) is 9.58. The zero-order valence-corrected chi connectivity index (χ0v) is 22.3. The molecule has 2 aromatic carbocycles. The highest BCUT2D eigenvalue weighted by atomic mass is 79.9. The molecule has 21 heavy (non-hydrogen) atoms. The van der Waals surface area contributed by atoms with Crippen LogP contribution in [-0.4, -0.2) is 0 Å². The van der Waals surface area contributed by atoms with Crippen LogP contribution in [0.25, 0.3) is 0 Å². The molecule has 0 aromatic heterocycles. The summed E-state index contributed by atoms with van der Waals surface area (Å²) in [4.78, 5) is 0. The first kappa shape index (κ1) is 19.4. The quantitative estimate of drug-likeness (QED) is 0.217. The van der Waals surface area contributed by atoms with E-state index in [1.807, 2.05) is 12.1 Å². The Hall–Kier alpha value is 2.08. The van der Waals surface area contributed by atoms with Gasteiger partial charge < -0.3 is 4.74 Å². The number of hydrogen-bond donors (Lipinski definition) is 0. The molecular weight excluding hydrogens is 799 g/mol. The van der Waals surface area contributed by atoms with Gasteiger partial charge in [0.15, 0.2) is 11.5 Å². The molecule has 0 bridgehead atoms. The van der Waals surface area contributed by atoms with Crippen LogP contribution in [0.3, 0.4) is 0 Å². The van der Waals surface area contributed by atoms with Crippen LogP contribution in [0.4, 0.5) is 0 Å². The van der Waals surface area contributed by atoms with E-state index in [4.69, 9.17) is 4.74 Å². The third-order valence-corrected chi connectivity index (χ3v) is 10.1. The lowest BCUT2D eigenvalue weighted by atomic mass is 10.3. The molecule has 0 atom stereocenters. The molecular formula is C12H2Br8O. The molecule has 0 saturated heterocycles. The largest absolute Gasteiger partial charge is 0.453 e. The van der Waals surface area contributed by atoms with Gasteiger partial charge in [-0.15, -0.1) is 0 Å². The molecule has 0 aliphatic heterocycles. The van der Waals surface area contributed by atoms with Crippen LogP contribution in [0.2, 0.25) is 0 Å². The third-order valence-electron chi connectivity index (χ3n) is 2.35. The minimum atomic E-state index is 0.667. The van der Waals surface area contributed by atoms with Gasteiger partial charge in [-0.3, -0.25) is 0 Å². The molecule has 0 unspecified atom stereocenters. The van der Waals surface area contributed by atoms with Gasteiger partial charge in [0.1, 0.15) is 0 Å². The number of ether oxygens (including phenoxy) is 1. The van der Waals surface area contributed by atoms with Gasteiger partial charge in [-0.25, -0.2) is 0 Å². The SMILES string of the molecule is Brc1cc(Br)c(Oc2c(Br)cc(Br)c(Br)c2Br)c(Br)c1Br. The van der Waals surface area contributed by atoms with Crippen molar-refractivity contribution in [3.63, 3.8) is 0 Å². The molecule has 2 aromatic rings. The van der Waals surface area contributed by atoms with Crippen LogP contribution in [0.1, 0.15) is 0 Å². The van der Waals surface area contributed by atoms with Crippen LogP contribution >= 0.6 is 127 Å². The van der Waals surface area contributed by atoms with Gasteiger partial charge in [0.2, 0.25) is 0 Å². The predicted molar refractivity (Wildman–Crippen MR) is 115 cm³/mol. The molecule has 0 radical (unpaired) electrons. The van der Waals surface area contributed by atoms with Crippen LogP contribution in [0, 0.1) is 0 Å². The smallest absolute Gasteiger partial charge is 0.157 e. The minimum absolute atomic E-state index is 0.667. The second kappa shape index (κ2) is 7.97. The average Bonchev–Trinajstić information content (AvgIpc) is 2.42. The highest BCUT2D eigenvalue weighted by molar-refractivity contribution is 9.15. The van der Waals surface area contributed by atoms with Crippen molar-refractivity contribution in [3.8, 4) is 11.5 Å². The van der Waals surface area contributed by atoms with Crippen molar-refractivity contribution >= 4 is 127 Å². The Labute approximate surface area is 189 Å². The van der Waals surface area contributed by atoms with Gasteiger partial charge in [0.05, 0.1) is 17.9 Å². The van der Waals surface area contributed by atoms with E-state index in [9.17, 15) is 0 Å². The van der Waals surface area contributed by atoms with E-state index in [0.29, 0.717) is 11.5 Å². The summed E-state index contributed by atoms with van der Waals surface area (Å²) in [7, 11) is 0. The van der Waals surface area contributed by atoms with E-state index in [1.54, 1.807) is 0 Å². The van der Waals surface area contributed by atoms with E-state index in [1.165, 1.54) is 0 Å². The summed E-state index contributed by atoms with van der Waals surface area (Å²) in [5, 5.41) is 0. The Balaban J connectivity index is 2.59. The van der Waals surface area contributed by atoms with Crippen molar-refractivity contribution in [1.82, 2.24) is 0 Å². The van der Waals surface area contributed by atoms with Crippen molar-refractivity contribution in [2.45, 2.75) is 0 Å². The van der Waals surface area contributed by atoms with Gasteiger partial charge >= 0.3 is 0 Å². The Bertz CT molecular complexity index is 667.